The summed E-state index contributed by atoms with van der Waals surface area (Å²) in [6, 6.07) is 0. The van der Waals surface area contributed by atoms with Gasteiger partial charge in [-0.15, -0.1) is 0 Å². The number of carbonyl (C=O) groups is 3. The van der Waals surface area contributed by atoms with Crippen molar-refractivity contribution in [2.24, 2.45) is 45.8 Å². The van der Waals surface area contributed by atoms with Gasteiger partial charge in [0.05, 0.1) is 10.8 Å². The zero-order chi connectivity index (χ0) is 21.9. The molecule has 166 valence electrons. The number of carbonyl (C=O) groups excluding carboxylic acids is 2. The predicted octanol–water partition coefficient (Wildman–Crippen LogP) is 5.45. The van der Waals surface area contributed by atoms with E-state index in [1.165, 1.54) is 0 Å². The number of fused-ring (bicyclic) bond motifs is 2. The maximum absolute atomic E-state index is 14.0. The highest BCUT2D eigenvalue weighted by Gasteiger charge is 2.85. The lowest BCUT2D eigenvalue weighted by Crippen LogP contribution is -2.64. The standard InChI is InChI=1S/C26H38O4/c1-5-6-7-8-9-22(28)25-14-19-17(4)10-11-20(19)24(15-27)13-18(25)12-21(16(2)3)26(24,25)23(29)30/h12,15-20H,5-11,13-14H2,1-4H3,(H,29,30)/t17-,18?,19-,20-,24?,25?,26+/m1/s1. The largest absolute Gasteiger partial charge is 0.481 e. The number of hydrogen-bond acceptors (Lipinski definition) is 3. The summed E-state index contributed by atoms with van der Waals surface area (Å²) in [5.41, 5.74) is -2.33. The van der Waals surface area contributed by atoms with Crippen molar-refractivity contribution in [3.63, 3.8) is 0 Å². The highest BCUT2D eigenvalue weighted by Crippen LogP contribution is 2.83. The van der Waals surface area contributed by atoms with Crippen LogP contribution in [0.3, 0.4) is 0 Å². The molecule has 0 saturated heterocycles. The fourth-order valence-corrected chi connectivity index (χ4v) is 8.64. The van der Waals surface area contributed by atoms with Gasteiger partial charge < -0.3 is 9.90 Å². The van der Waals surface area contributed by atoms with Crippen molar-refractivity contribution in [1.82, 2.24) is 0 Å². The van der Waals surface area contributed by atoms with Gasteiger partial charge in [-0.05, 0) is 55.3 Å². The van der Waals surface area contributed by atoms with Crippen LogP contribution in [-0.2, 0) is 14.4 Å². The van der Waals surface area contributed by atoms with Gasteiger partial charge in [0.2, 0.25) is 0 Å². The highest BCUT2D eigenvalue weighted by atomic mass is 16.4. The van der Waals surface area contributed by atoms with Crippen LogP contribution in [0.5, 0.6) is 0 Å². The molecule has 0 radical (unpaired) electrons. The molecule has 0 aromatic rings. The van der Waals surface area contributed by atoms with Crippen LogP contribution >= 0.6 is 0 Å². The SMILES string of the molecule is CCCCCCC(=O)C12C[C@@H]3[C@H](C)CC[C@H]3C3(C=O)CC1C=C(C(C)C)[C@@]23C(=O)O. The van der Waals surface area contributed by atoms with Gasteiger partial charge in [0.25, 0.3) is 0 Å². The minimum absolute atomic E-state index is 0.0216. The number of allylic oxidation sites excluding steroid dienone is 1. The van der Waals surface area contributed by atoms with E-state index in [1.54, 1.807) is 0 Å². The molecule has 0 heterocycles. The molecule has 0 aromatic carbocycles. The van der Waals surface area contributed by atoms with Crippen molar-refractivity contribution in [3.8, 4) is 0 Å². The van der Waals surface area contributed by atoms with Crippen molar-refractivity contribution in [3.05, 3.63) is 11.6 Å². The average Bonchev–Trinajstić information content (AvgIpc) is 3.28. The Bertz CT molecular complexity index is 782. The van der Waals surface area contributed by atoms with Gasteiger partial charge in [0.15, 0.2) is 0 Å². The zero-order valence-electron chi connectivity index (χ0n) is 19.1. The Balaban J connectivity index is 1.88. The first-order valence-corrected chi connectivity index (χ1v) is 12.2. The Kier molecular flexibility index (Phi) is 5.30. The Labute approximate surface area is 180 Å². The molecule has 3 saturated carbocycles. The van der Waals surface area contributed by atoms with E-state index in [2.05, 4.69) is 19.9 Å². The van der Waals surface area contributed by atoms with E-state index in [9.17, 15) is 19.5 Å². The summed E-state index contributed by atoms with van der Waals surface area (Å²) in [7, 11) is 0. The first-order chi connectivity index (χ1) is 14.2. The van der Waals surface area contributed by atoms with Crippen molar-refractivity contribution in [2.45, 2.75) is 85.5 Å². The molecule has 0 aromatic heterocycles. The first kappa shape index (κ1) is 21.8. The van der Waals surface area contributed by atoms with Crippen molar-refractivity contribution in [1.29, 1.82) is 0 Å². The molecular formula is C26H38O4. The molecule has 4 rings (SSSR count). The van der Waals surface area contributed by atoms with Gasteiger partial charge >= 0.3 is 5.97 Å². The Hall–Kier alpha value is -1.45. The molecule has 4 aliphatic rings. The molecule has 4 aliphatic carbocycles. The molecule has 4 heteroatoms. The van der Waals surface area contributed by atoms with Gasteiger partial charge in [0, 0.05) is 6.42 Å². The fraction of sp³-hybridized carbons (Fsp3) is 0.808. The van der Waals surface area contributed by atoms with Crippen LogP contribution < -0.4 is 0 Å². The third-order valence-corrected chi connectivity index (χ3v) is 9.68. The van der Waals surface area contributed by atoms with Crippen LogP contribution in [0.25, 0.3) is 0 Å². The number of aldehydes is 1. The van der Waals surface area contributed by atoms with Gasteiger partial charge in [0.1, 0.15) is 17.5 Å². The van der Waals surface area contributed by atoms with Crippen molar-refractivity contribution < 1.29 is 19.5 Å². The Morgan fingerprint density at radius 3 is 2.53 bits per heavy atom. The molecule has 4 bridgehead atoms. The van der Waals surface area contributed by atoms with E-state index in [-0.39, 0.29) is 29.5 Å². The number of carboxylic acids is 1. The number of hydrogen-bond donors (Lipinski definition) is 1. The van der Waals surface area contributed by atoms with E-state index >= 15 is 0 Å². The lowest BCUT2D eigenvalue weighted by molar-refractivity contribution is -0.183. The van der Waals surface area contributed by atoms with Gasteiger partial charge in [-0.2, -0.15) is 0 Å². The Morgan fingerprint density at radius 2 is 1.93 bits per heavy atom. The summed E-state index contributed by atoms with van der Waals surface area (Å²) in [6.07, 6.45) is 10.8. The maximum atomic E-state index is 14.0. The summed E-state index contributed by atoms with van der Waals surface area (Å²) in [5, 5.41) is 10.9. The van der Waals surface area contributed by atoms with E-state index in [4.69, 9.17) is 0 Å². The Morgan fingerprint density at radius 1 is 1.20 bits per heavy atom. The van der Waals surface area contributed by atoms with Crippen LogP contribution in [0.15, 0.2) is 11.6 Å². The zero-order valence-corrected chi connectivity index (χ0v) is 19.1. The van der Waals surface area contributed by atoms with Crippen LogP contribution in [0, 0.1) is 45.8 Å². The summed E-state index contributed by atoms with van der Waals surface area (Å²) >= 11 is 0. The van der Waals surface area contributed by atoms with E-state index in [0.717, 1.165) is 50.4 Å². The second kappa shape index (κ2) is 7.31. The molecule has 0 amide bonds. The lowest BCUT2D eigenvalue weighted by atomic mass is 9.42. The minimum atomic E-state index is -1.34. The number of unbranched alkanes of at least 4 members (excludes halogenated alkanes) is 3. The quantitative estimate of drug-likeness (QED) is 0.309. The molecule has 0 spiro atoms. The summed E-state index contributed by atoms with van der Waals surface area (Å²) in [5.74, 6) is -0.0517. The lowest BCUT2D eigenvalue weighted by Gasteiger charge is -2.57. The van der Waals surface area contributed by atoms with Crippen molar-refractivity contribution in [2.75, 3.05) is 0 Å². The van der Waals surface area contributed by atoms with E-state index in [0.29, 0.717) is 25.2 Å². The molecule has 30 heavy (non-hydrogen) atoms. The van der Waals surface area contributed by atoms with Crippen LogP contribution in [-0.4, -0.2) is 23.1 Å². The van der Waals surface area contributed by atoms with Gasteiger partial charge in [-0.3, -0.25) is 9.59 Å². The normalized spacial score (nSPS) is 43.6. The molecule has 3 fully saturated rings. The van der Waals surface area contributed by atoms with Crippen molar-refractivity contribution >= 4 is 18.0 Å². The molecule has 7 atom stereocenters. The highest BCUT2D eigenvalue weighted by molar-refractivity contribution is 6.01. The number of Topliss-reactive ketones (excluding diaryl/α,β-unsaturated/α-hetero) is 1. The minimum Gasteiger partial charge on any atom is -0.481 e. The van der Waals surface area contributed by atoms with Crippen LogP contribution in [0.2, 0.25) is 0 Å². The molecule has 0 aliphatic heterocycles. The topological polar surface area (TPSA) is 71.4 Å². The van der Waals surface area contributed by atoms with Crippen LogP contribution in [0.1, 0.15) is 85.5 Å². The number of rotatable bonds is 9. The number of carboxylic acid groups (broad SMARTS) is 1. The summed E-state index contributed by atoms with van der Waals surface area (Å²) < 4.78 is 0. The predicted molar refractivity (Wildman–Crippen MR) is 116 cm³/mol. The van der Waals surface area contributed by atoms with Gasteiger partial charge in [-0.25, -0.2) is 0 Å². The third-order valence-electron chi connectivity index (χ3n) is 9.68. The fourth-order valence-electron chi connectivity index (χ4n) is 8.64. The smallest absolute Gasteiger partial charge is 0.315 e. The van der Waals surface area contributed by atoms with E-state index in [1.807, 2.05) is 13.8 Å². The molecular weight excluding hydrogens is 376 g/mol. The first-order valence-electron chi connectivity index (χ1n) is 12.2. The number of aliphatic carboxylic acids is 1. The molecule has 1 N–H and O–H groups in total. The number of ketones is 1. The van der Waals surface area contributed by atoms with Crippen LogP contribution in [0.4, 0.5) is 0 Å². The summed E-state index contributed by atoms with van der Waals surface area (Å²) in [4.78, 5) is 40.2. The van der Waals surface area contributed by atoms with E-state index < -0.39 is 22.2 Å². The monoisotopic (exact) mass is 414 g/mol. The summed E-state index contributed by atoms with van der Waals surface area (Å²) in [6.45, 7) is 8.44. The molecule has 4 nitrogen and oxygen atoms in total. The second-order valence-electron chi connectivity index (χ2n) is 11.0. The third kappa shape index (κ3) is 2.31. The average molecular weight is 415 g/mol. The maximum Gasteiger partial charge on any atom is 0.315 e. The molecule has 3 unspecified atom stereocenters. The second-order valence-corrected chi connectivity index (χ2v) is 11.0. The van der Waals surface area contributed by atoms with Gasteiger partial charge in [-0.1, -0.05) is 65.0 Å².